The highest BCUT2D eigenvalue weighted by Crippen LogP contribution is 2.25. The lowest BCUT2D eigenvalue weighted by atomic mass is 10.1. The lowest BCUT2D eigenvalue weighted by Gasteiger charge is -2.14. The Labute approximate surface area is 186 Å². The number of carbonyl (C=O) groups is 1. The van der Waals surface area contributed by atoms with E-state index >= 15 is 0 Å². The number of nitrogens with zero attached hydrogens (tertiary/aromatic N) is 4. The van der Waals surface area contributed by atoms with Crippen LogP contribution < -0.4 is 10.6 Å². The maximum Gasteiger partial charge on any atom is 0.251 e. The van der Waals surface area contributed by atoms with Gasteiger partial charge in [0.1, 0.15) is 0 Å². The van der Waals surface area contributed by atoms with Crippen molar-refractivity contribution in [3.63, 3.8) is 0 Å². The van der Waals surface area contributed by atoms with E-state index in [1.165, 1.54) is 12.8 Å². The molecule has 32 heavy (non-hydrogen) atoms. The number of amides is 1. The highest BCUT2D eigenvalue weighted by atomic mass is 16.1. The van der Waals surface area contributed by atoms with Gasteiger partial charge in [0.2, 0.25) is 0 Å². The molecule has 2 aromatic heterocycles. The molecule has 0 radical (unpaired) electrons. The van der Waals surface area contributed by atoms with E-state index in [9.17, 15) is 4.79 Å². The zero-order chi connectivity index (χ0) is 22.1. The number of fused-ring (bicyclic) bond motifs is 1. The van der Waals surface area contributed by atoms with Crippen LogP contribution in [0.3, 0.4) is 0 Å². The number of nitrogens with one attached hydrogen (secondary N) is 2. The van der Waals surface area contributed by atoms with Crippen LogP contribution in [-0.2, 0) is 0 Å². The molecule has 1 amide bonds. The summed E-state index contributed by atoms with van der Waals surface area (Å²) >= 11 is 0. The number of benzene rings is 2. The van der Waals surface area contributed by atoms with Crippen molar-refractivity contribution in [2.75, 3.05) is 5.32 Å². The molecule has 2 heterocycles. The van der Waals surface area contributed by atoms with Crippen molar-refractivity contribution in [1.82, 2.24) is 25.1 Å². The van der Waals surface area contributed by atoms with Crippen LogP contribution in [0, 0.1) is 13.8 Å². The lowest BCUT2D eigenvalue weighted by Crippen LogP contribution is -2.32. The third kappa shape index (κ3) is 4.06. The molecule has 1 saturated carbocycles. The van der Waals surface area contributed by atoms with E-state index in [4.69, 9.17) is 9.97 Å². The number of anilines is 2. The number of rotatable bonds is 5. The normalized spacial score (nSPS) is 14.1. The Balaban J connectivity index is 1.44. The van der Waals surface area contributed by atoms with Crippen LogP contribution in [0.5, 0.6) is 0 Å². The summed E-state index contributed by atoms with van der Waals surface area (Å²) in [5.41, 5.74) is 4.99. The van der Waals surface area contributed by atoms with Crippen molar-refractivity contribution in [1.29, 1.82) is 0 Å². The SMILES string of the molecule is Cc1cc(C)n(-c2nc3ccccc3nc2Nc2ccc(C(=O)NC3CCCC3)cc2)n1. The monoisotopic (exact) mass is 426 g/mol. The largest absolute Gasteiger partial charge is 0.349 e. The Morgan fingerprint density at radius 3 is 2.31 bits per heavy atom. The molecular weight excluding hydrogens is 400 g/mol. The van der Waals surface area contributed by atoms with Crippen LogP contribution >= 0.6 is 0 Å². The molecule has 0 saturated heterocycles. The van der Waals surface area contributed by atoms with Crippen molar-refractivity contribution in [2.45, 2.75) is 45.6 Å². The summed E-state index contributed by atoms with van der Waals surface area (Å²) in [7, 11) is 0. The molecule has 2 aromatic carbocycles. The van der Waals surface area contributed by atoms with Crippen molar-refractivity contribution in [2.24, 2.45) is 0 Å². The Hall–Kier alpha value is -3.74. The molecular formula is C25H26N6O. The van der Waals surface area contributed by atoms with Crippen LogP contribution in [0.2, 0.25) is 0 Å². The summed E-state index contributed by atoms with van der Waals surface area (Å²) in [5.74, 6) is 1.23. The van der Waals surface area contributed by atoms with Crippen LogP contribution in [0.4, 0.5) is 11.5 Å². The van der Waals surface area contributed by atoms with Crippen molar-refractivity contribution in [3.8, 4) is 5.82 Å². The zero-order valence-corrected chi connectivity index (χ0v) is 18.3. The Morgan fingerprint density at radius 1 is 0.969 bits per heavy atom. The molecule has 0 bridgehead atoms. The second-order valence-electron chi connectivity index (χ2n) is 8.38. The third-order valence-corrected chi connectivity index (χ3v) is 5.86. The minimum absolute atomic E-state index is 0.0164. The molecule has 0 spiro atoms. The average Bonchev–Trinajstić information content (AvgIpc) is 3.42. The van der Waals surface area contributed by atoms with Crippen molar-refractivity contribution in [3.05, 3.63) is 71.5 Å². The first-order chi connectivity index (χ1) is 15.6. The van der Waals surface area contributed by atoms with E-state index in [-0.39, 0.29) is 5.91 Å². The lowest BCUT2D eigenvalue weighted by molar-refractivity contribution is 0.0938. The van der Waals surface area contributed by atoms with Gasteiger partial charge in [-0.1, -0.05) is 25.0 Å². The molecule has 162 valence electrons. The molecule has 4 aromatic rings. The predicted octanol–water partition coefficient (Wildman–Crippen LogP) is 4.85. The summed E-state index contributed by atoms with van der Waals surface area (Å²) in [6.07, 6.45) is 4.53. The van der Waals surface area contributed by atoms with Gasteiger partial charge < -0.3 is 10.6 Å². The summed E-state index contributed by atoms with van der Waals surface area (Å²) in [4.78, 5) is 22.2. The summed E-state index contributed by atoms with van der Waals surface area (Å²) < 4.78 is 1.81. The predicted molar refractivity (Wildman–Crippen MR) is 126 cm³/mol. The van der Waals surface area contributed by atoms with Gasteiger partial charge in [0, 0.05) is 23.0 Å². The molecule has 7 nitrogen and oxygen atoms in total. The number of para-hydroxylation sites is 2. The minimum Gasteiger partial charge on any atom is -0.349 e. The third-order valence-electron chi connectivity index (χ3n) is 5.86. The number of hydrogen-bond acceptors (Lipinski definition) is 5. The van der Waals surface area contributed by atoms with Crippen LogP contribution in [-0.4, -0.2) is 31.7 Å². The van der Waals surface area contributed by atoms with Gasteiger partial charge in [-0.25, -0.2) is 14.6 Å². The van der Waals surface area contributed by atoms with E-state index in [1.807, 2.05) is 68.4 Å². The first kappa shape index (κ1) is 20.2. The van der Waals surface area contributed by atoms with E-state index in [0.29, 0.717) is 23.2 Å². The molecule has 5 rings (SSSR count). The van der Waals surface area contributed by atoms with Gasteiger partial charge in [-0.2, -0.15) is 5.10 Å². The Kier molecular flexibility index (Phi) is 5.31. The smallest absolute Gasteiger partial charge is 0.251 e. The first-order valence-electron chi connectivity index (χ1n) is 11.1. The quantitative estimate of drug-likeness (QED) is 0.477. The second kappa shape index (κ2) is 8.42. The first-order valence-corrected chi connectivity index (χ1v) is 11.1. The minimum atomic E-state index is -0.0164. The fraction of sp³-hybridized carbons (Fsp3) is 0.280. The van der Waals surface area contributed by atoms with Gasteiger partial charge in [0.05, 0.1) is 16.7 Å². The van der Waals surface area contributed by atoms with Crippen molar-refractivity contribution < 1.29 is 4.79 Å². The van der Waals surface area contributed by atoms with Crippen molar-refractivity contribution >= 4 is 28.4 Å². The fourth-order valence-electron chi connectivity index (χ4n) is 4.25. The van der Waals surface area contributed by atoms with Crippen LogP contribution in [0.15, 0.2) is 54.6 Å². The Bertz CT molecular complexity index is 1270. The van der Waals surface area contributed by atoms with Gasteiger partial charge in [-0.15, -0.1) is 0 Å². The summed E-state index contributed by atoms with van der Waals surface area (Å²) in [5, 5.41) is 11.1. The number of hydrogen-bond donors (Lipinski definition) is 2. The second-order valence-corrected chi connectivity index (χ2v) is 8.38. The molecule has 1 aliphatic carbocycles. The zero-order valence-electron chi connectivity index (χ0n) is 18.3. The number of carbonyl (C=O) groups excluding carboxylic acids is 1. The molecule has 0 atom stereocenters. The summed E-state index contributed by atoms with van der Waals surface area (Å²) in [6, 6.07) is 17.6. The van der Waals surface area contributed by atoms with E-state index in [1.54, 1.807) is 4.68 Å². The molecule has 1 fully saturated rings. The van der Waals surface area contributed by atoms with Gasteiger partial charge in [-0.05, 0) is 69.2 Å². The van der Waals surface area contributed by atoms with E-state index in [0.717, 1.165) is 41.0 Å². The van der Waals surface area contributed by atoms with Crippen LogP contribution in [0.1, 0.15) is 47.4 Å². The average molecular weight is 427 g/mol. The van der Waals surface area contributed by atoms with Gasteiger partial charge >= 0.3 is 0 Å². The topological polar surface area (TPSA) is 84.7 Å². The highest BCUT2D eigenvalue weighted by Gasteiger charge is 2.18. The highest BCUT2D eigenvalue weighted by molar-refractivity contribution is 5.94. The molecule has 0 aliphatic heterocycles. The molecule has 1 aliphatic rings. The molecule has 2 N–H and O–H groups in total. The van der Waals surface area contributed by atoms with E-state index in [2.05, 4.69) is 15.7 Å². The van der Waals surface area contributed by atoms with Gasteiger partial charge in [-0.3, -0.25) is 4.79 Å². The maximum atomic E-state index is 12.5. The summed E-state index contributed by atoms with van der Waals surface area (Å²) in [6.45, 7) is 3.96. The number of aromatic nitrogens is 4. The van der Waals surface area contributed by atoms with Gasteiger partial charge in [0.25, 0.3) is 5.91 Å². The molecule has 0 unspecified atom stereocenters. The van der Waals surface area contributed by atoms with Crippen LogP contribution in [0.25, 0.3) is 16.9 Å². The maximum absolute atomic E-state index is 12.5. The standard InChI is InChI=1S/C25H26N6O/c1-16-15-17(2)31(30-16)24-23(28-21-9-5-6-10-22(21)29-24)26-20-13-11-18(12-14-20)25(32)27-19-7-3-4-8-19/h5-6,9-15,19H,3-4,7-8H2,1-2H3,(H,26,28)(H,27,32). The molecule has 7 heteroatoms. The van der Waals surface area contributed by atoms with Gasteiger partial charge in [0.15, 0.2) is 11.6 Å². The number of aryl methyl sites for hydroxylation is 2. The Morgan fingerprint density at radius 2 is 1.66 bits per heavy atom. The van der Waals surface area contributed by atoms with E-state index < -0.39 is 0 Å². The fourth-order valence-corrected chi connectivity index (χ4v) is 4.25.